The number of benzene rings is 2. The lowest BCUT2D eigenvalue weighted by molar-refractivity contribution is 0.322. The summed E-state index contributed by atoms with van der Waals surface area (Å²) >= 11 is 3.48. The zero-order valence-electron chi connectivity index (χ0n) is 19.6. The van der Waals surface area contributed by atoms with E-state index in [4.69, 9.17) is 9.72 Å². The molecule has 2 aromatic carbocycles. The fourth-order valence-corrected chi connectivity index (χ4v) is 5.13. The van der Waals surface area contributed by atoms with Gasteiger partial charge in [-0.15, -0.1) is 0 Å². The van der Waals surface area contributed by atoms with Crippen molar-refractivity contribution in [3.05, 3.63) is 52.5 Å². The van der Waals surface area contributed by atoms with E-state index in [2.05, 4.69) is 69.8 Å². The Morgan fingerprint density at radius 1 is 1.12 bits per heavy atom. The average Bonchev–Trinajstić information content (AvgIpc) is 2.81. The predicted octanol–water partition coefficient (Wildman–Crippen LogP) is 5.54. The van der Waals surface area contributed by atoms with Gasteiger partial charge in [-0.3, -0.25) is 0 Å². The van der Waals surface area contributed by atoms with E-state index in [0.29, 0.717) is 24.3 Å². The molecule has 0 amide bonds. The highest BCUT2D eigenvalue weighted by Gasteiger charge is 2.22. The maximum Gasteiger partial charge on any atom is 0.162 e. The van der Waals surface area contributed by atoms with Gasteiger partial charge in [0.05, 0.1) is 12.6 Å². The van der Waals surface area contributed by atoms with Gasteiger partial charge in [-0.25, -0.2) is 4.98 Å². The van der Waals surface area contributed by atoms with Crippen LogP contribution in [0.1, 0.15) is 31.2 Å². The molecule has 1 aliphatic carbocycles. The second-order valence-corrected chi connectivity index (χ2v) is 9.96. The predicted molar refractivity (Wildman–Crippen MR) is 140 cm³/mol. The van der Waals surface area contributed by atoms with Crippen LogP contribution in [0, 0.1) is 5.92 Å². The summed E-state index contributed by atoms with van der Waals surface area (Å²) in [5, 5.41) is 18.7. The van der Waals surface area contributed by atoms with Crippen LogP contribution in [0.25, 0.3) is 10.9 Å². The number of halogens is 1. The number of pyridine rings is 1. The number of aromatic hydroxyl groups is 1. The molecule has 0 aliphatic heterocycles. The molecular weight excluding hydrogens is 480 g/mol. The van der Waals surface area contributed by atoms with Crippen LogP contribution < -0.4 is 20.3 Å². The van der Waals surface area contributed by atoms with Gasteiger partial charge in [-0.2, -0.15) is 0 Å². The Labute approximate surface area is 204 Å². The van der Waals surface area contributed by atoms with Crippen LogP contribution in [0.15, 0.2) is 46.9 Å². The molecule has 1 saturated carbocycles. The molecule has 0 spiro atoms. The molecule has 1 aliphatic rings. The monoisotopic (exact) mass is 512 g/mol. The highest BCUT2D eigenvalue weighted by atomic mass is 79.9. The minimum Gasteiger partial charge on any atom is -0.504 e. The summed E-state index contributed by atoms with van der Waals surface area (Å²) in [4.78, 5) is 7.01. The normalized spacial score (nSPS) is 18.3. The van der Waals surface area contributed by atoms with Crippen molar-refractivity contribution in [1.82, 2.24) is 10.3 Å². The Hall–Kier alpha value is -2.51. The first-order chi connectivity index (χ1) is 15.9. The molecule has 33 heavy (non-hydrogen) atoms. The van der Waals surface area contributed by atoms with Crippen molar-refractivity contribution in [2.24, 2.45) is 5.92 Å². The largest absolute Gasteiger partial charge is 0.504 e. The highest BCUT2D eigenvalue weighted by Crippen LogP contribution is 2.34. The summed E-state index contributed by atoms with van der Waals surface area (Å²) in [6.07, 6.45) is 4.61. The Kier molecular flexibility index (Phi) is 7.60. The van der Waals surface area contributed by atoms with E-state index in [1.54, 1.807) is 13.2 Å². The Morgan fingerprint density at radius 3 is 2.61 bits per heavy atom. The van der Waals surface area contributed by atoms with Gasteiger partial charge in [0.1, 0.15) is 5.82 Å². The zero-order valence-corrected chi connectivity index (χ0v) is 21.2. The fourth-order valence-electron chi connectivity index (χ4n) is 4.65. The van der Waals surface area contributed by atoms with Gasteiger partial charge >= 0.3 is 0 Å². The minimum absolute atomic E-state index is 0.209. The van der Waals surface area contributed by atoms with E-state index in [-0.39, 0.29) is 5.75 Å². The highest BCUT2D eigenvalue weighted by molar-refractivity contribution is 9.10. The first-order valence-corrected chi connectivity index (χ1v) is 12.3. The van der Waals surface area contributed by atoms with Gasteiger partial charge in [-0.05, 0) is 56.3 Å². The van der Waals surface area contributed by atoms with Gasteiger partial charge in [0.2, 0.25) is 0 Å². The molecule has 176 valence electrons. The molecule has 3 aromatic rings. The number of anilines is 2. The summed E-state index contributed by atoms with van der Waals surface area (Å²) in [6.45, 7) is 1.56. The Balaban J connectivity index is 1.30. The number of phenols is 1. The van der Waals surface area contributed by atoms with Crippen molar-refractivity contribution in [2.45, 2.75) is 38.3 Å². The van der Waals surface area contributed by atoms with Crippen LogP contribution in [-0.2, 0) is 6.54 Å². The number of hydrogen-bond acceptors (Lipinski definition) is 6. The maximum atomic E-state index is 10.3. The van der Waals surface area contributed by atoms with E-state index in [9.17, 15) is 5.11 Å². The number of aromatic nitrogens is 1. The average molecular weight is 513 g/mol. The first-order valence-electron chi connectivity index (χ1n) is 11.5. The maximum absolute atomic E-state index is 10.3. The summed E-state index contributed by atoms with van der Waals surface area (Å²) < 4.78 is 6.15. The quantitative estimate of drug-likeness (QED) is 0.368. The number of fused-ring (bicyclic) bond motifs is 1. The van der Waals surface area contributed by atoms with Gasteiger partial charge in [-0.1, -0.05) is 34.1 Å². The minimum atomic E-state index is 0.209. The molecule has 0 saturated heterocycles. The number of nitrogens with zero attached hydrogens (tertiary/aromatic N) is 2. The molecule has 3 N–H and O–H groups in total. The Bertz CT molecular complexity index is 1100. The van der Waals surface area contributed by atoms with Crippen molar-refractivity contribution in [2.75, 3.05) is 38.0 Å². The van der Waals surface area contributed by atoms with Crippen LogP contribution >= 0.6 is 15.9 Å². The molecule has 0 atom stereocenters. The molecule has 0 radical (unpaired) electrons. The number of para-hydroxylation sites is 1. The number of rotatable bonds is 8. The first kappa shape index (κ1) is 23.6. The van der Waals surface area contributed by atoms with E-state index >= 15 is 0 Å². The molecule has 1 aromatic heterocycles. The van der Waals surface area contributed by atoms with Gasteiger partial charge < -0.3 is 25.4 Å². The lowest BCUT2D eigenvalue weighted by atomic mass is 9.86. The summed E-state index contributed by atoms with van der Waals surface area (Å²) in [6, 6.07) is 14.6. The molecule has 6 nitrogen and oxygen atoms in total. The third-order valence-corrected chi connectivity index (χ3v) is 6.92. The molecule has 1 heterocycles. The molecule has 0 bridgehead atoms. The van der Waals surface area contributed by atoms with E-state index in [1.807, 2.05) is 12.1 Å². The van der Waals surface area contributed by atoms with Crippen LogP contribution in [0.2, 0.25) is 0 Å². The van der Waals surface area contributed by atoms with Gasteiger partial charge in [0.25, 0.3) is 0 Å². The summed E-state index contributed by atoms with van der Waals surface area (Å²) in [5.74, 6) is 2.30. The lowest BCUT2D eigenvalue weighted by Gasteiger charge is -2.30. The van der Waals surface area contributed by atoms with Crippen molar-refractivity contribution in [3.8, 4) is 11.5 Å². The van der Waals surface area contributed by atoms with Crippen LogP contribution in [0.4, 0.5) is 11.5 Å². The third-order valence-electron chi connectivity index (χ3n) is 6.46. The van der Waals surface area contributed by atoms with E-state index in [0.717, 1.165) is 40.8 Å². The second kappa shape index (κ2) is 10.6. The molecule has 1 fully saturated rings. The number of hydrogen-bond donors (Lipinski definition) is 3. The zero-order chi connectivity index (χ0) is 23.4. The number of methoxy groups -OCH3 is 1. The van der Waals surface area contributed by atoms with Crippen molar-refractivity contribution in [1.29, 1.82) is 0 Å². The fraction of sp³-hybridized carbons (Fsp3) is 0.423. The van der Waals surface area contributed by atoms with Crippen LogP contribution in [0.5, 0.6) is 11.5 Å². The summed E-state index contributed by atoms with van der Waals surface area (Å²) in [7, 11) is 5.72. The second-order valence-electron chi connectivity index (χ2n) is 9.05. The smallest absolute Gasteiger partial charge is 0.162 e. The van der Waals surface area contributed by atoms with Crippen molar-refractivity contribution in [3.63, 3.8) is 0 Å². The molecular formula is C26H33BrN4O2. The topological polar surface area (TPSA) is 69.7 Å². The molecule has 4 rings (SSSR count). The summed E-state index contributed by atoms with van der Waals surface area (Å²) in [5.41, 5.74) is 3.06. The number of nitrogens with one attached hydrogen (secondary N) is 2. The van der Waals surface area contributed by atoms with Crippen LogP contribution in [0.3, 0.4) is 0 Å². The SMILES string of the molecule is COc1cc(Br)cc(CNC[C@H]2CC[C@@H](Nc3cc(N(C)C)c4ccccc4n3)CC2)c1O. The third kappa shape index (κ3) is 5.71. The van der Waals surface area contributed by atoms with Crippen LogP contribution in [-0.4, -0.2) is 43.9 Å². The Morgan fingerprint density at radius 2 is 1.88 bits per heavy atom. The lowest BCUT2D eigenvalue weighted by Crippen LogP contribution is -2.31. The van der Waals surface area contributed by atoms with Gasteiger partial charge in [0, 0.05) is 53.9 Å². The standard InChI is InChI=1S/C26H33BrN4O2/c1-31(2)23-14-25(30-22-7-5-4-6-21(22)23)29-20-10-8-17(9-11-20)15-28-16-18-12-19(27)13-24(33-3)26(18)32/h4-7,12-14,17,20,28,32H,8-11,15-16H2,1-3H3,(H,29,30)/t17-,20+. The number of ether oxygens (including phenoxy) is 1. The van der Waals surface area contributed by atoms with Crippen molar-refractivity contribution >= 4 is 38.3 Å². The molecule has 7 heteroatoms. The number of phenolic OH excluding ortho intramolecular Hbond substituents is 1. The van der Waals surface area contributed by atoms with E-state index in [1.165, 1.54) is 23.9 Å². The van der Waals surface area contributed by atoms with Gasteiger partial charge in [0.15, 0.2) is 11.5 Å². The van der Waals surface area contributed by atoms with E-state index < -0.39 is 0 Å². The van der Waals surface area contributed by atoms with Crippen molar-refractivity contribution < 1.29 is 9.84 Å². The molecule has 0 unspecified atom stereocenters.